The number of nitrogens with one attached hydrogen (secondary N) is 2. The van der Waals surface area contributed by atoms with Gasteiger partial charge in [0.05, 0.1) is 18.1 Å². The predicted octanol–water partition coefficient (Wildman–Crippen LogP) is 2.36. The SMILES string of the molecule is CC(C)(C(=O)NC1C2CC3CC(C2)CC1C3)C1CNCCO1.Cl. The lowest BCUT2D eigenvalue weighted by atomic mass is 9.54. The number of hydrogen-bond acceptors (Lipinski definition) is 3. The summed E-state index contributed by atoms with van der Waals surface area (Å²) in [5, 5.41) is 6.80. The van der Waals surface area contributed by atoms with Gasteiger partial charge in [0.25, 0.3) is 0 Å². The normalized spacial score (nSPS) is 42.2. The molecule has 0 aromatic rings. The van der Waals surface area contributed by atoms with Crippen LogP contribution in [0.25, 0.3) is 0 Å². The van der Waals surface area contributed by atoms with Gasteiger partial charge in [0.15, 0.2) is 0 Å². The number of morpholine rings is 1. The van der Waals surface area contributed by atoms with E-state index in [9.17, 15) is 4.79 Å². The molecule has 2 N–H and O–H groups in total. The van der Waals surface area contributed by atoms with Gasteiger partial charge in [-0.25, -0.2) is 0 Å². The van der Waals surface area contributed by atoms with Crippen LogP contribution < -0.4 is 10.6 Å². The second kappa shape index (κ2) is 6.53. The van der Waals surface area contributed by atoms with Crippen molar-refractivity contribution < 1.29 is 9.53 Å². The quantitative estimate of drug-likeness (QED) is 0.827. The van der Waals surface area contributed by atoms with Crippen molar-refractivity contribution in [1.82, 2.24) is 10.6 Å². The fourth-order valence-corrected chi connectivity index (χ4v) is 5.67. The topological polar surface area (TPSA) is 50.4 Å². The molecule has 5 aliphatic rings. The highest BCUT2D eigenvalue weighted by molar-refractivity contribution is 5.85. The van der Waals surface area contributed by atoms with E-state index in [1.54, 1.807) is 0 Å². The minimum absolute atomic E-state index is 0. The molecule has 4 bridgehead atoms. The average molecular weight is 343 g/mol. The third kappa shape index (κ3) is 3.14. The van der Waals surface area contributed by atoms with Crippen molar-refractivity contribution in [2.24, 2.45) is 29.1 Å². The van der Waals surface area contributed by atoms with Gasteiger partial charge < -0.3 is 15.4 Å². The Morgan fingerprint density at radius 3 is 2.22 bits per heavy atom. The number of ether oxygens (including phenoxy) is 1. The highest BCUT2D eigenvalue weighted by Crippen LogP contribution is 2.53. The van der Waals surface area contributed by atoms with Crippen LogP contribution in [0.3, 0.4) is 0 Å². The first-order valence-electron chi connectivity index (χ1n) is 9.17. The molecule has 0 radical (unpaired) electrons. The van der Waals surface area contributed by atoms with Crippen LogP contribution in [-0.2, 0) is 9.53 Å². The van der Waals surface area contributed by atoms with Crippen LogP contribution in [0.15, 0.2) is 0 Å². The van der Waals surface area contributed by atoms with Crippen molar-refractivity contribution in [3.05, 3.63) is 0 Å². The summed E-state index contributed by atoms with van der Waals surface area (Å²) in [6.45, 7) is 6.46. The van der Waals surface area contributed by atoms with Crippen molar-refractivity contribution in [3.8, 4) is 0 Å². The summed E-state index contributed by atoms with van der Waals surface area (Å²) in [6.07, 6.45) is 6.83. The molecule has 4 saturated carbocycles. The van der Waals surface area contributed by atoms with Gasteiger partial charge in [-0.2, -0.15) is 0 Å². The first kappa shape index (κ1) is 17.5. The van der Waals surface area contributed by atoms with Gasteiger partial charge in [0, 0.05) is 19.1 Å². The summed E-state index contributed by atoms with van der Waals surface area (Å²) in [5.74, 6) is 3.57. The minimum Gasteiger partial charge on any atom is -0.374 e. The molecule has 1 saturated heterocycles. The van der Waals surface area contributed by atoms with E-state index in [1.165, 1.54) is 32.1 Å². The number of halogens is 1. The van der Waals surface area contributed by atoms with Crippen molar-refractivity contribution in [3.63, 3.8) is 0 Å². The number of rotatable bonds is 3. The summed E-state index contributed by atoms with van der Waals surface area (Å²) in [7, 11) is 0. The van der Waals surface area contributed by atoms with E-state index in [0.717, 1.165) is 36.8 Å². The van der Waals surface area contributed by atoms with Gasteiger partial charge in [0.2, 0.25) is 5.91 Å². The van der Waals surface area contributed by atoms with Crippen LogP contribution >= 0.6 is 12.4 Å². The van der Waals surface area contributed by atoms with Crippen LogP contribution in [0.5, 0.6) is 0 Å². The molecule has 1 aliphatic heterocycles. The van der Waals surface area contributed by atoms with Gasteiger partial charge in [-0.1, -0.05) is 0 Å². The Balaban J connectivity index is 0.00000156. The van der Waals surface area contributed by atoms with Gasteiger partial charge in [-0.3, -0.25) is 4.79 Å². The third-order valence-corrected chi connectivity index (χ3v) is 6.84. The molecule has 1 heterocycles. The molecular formula is C18H31ClN2O2. The van der Waals surface area contributed by atoms with Gasteiger partial charge in [0.1, 0.15) is 0 Å². The smallest absolute Gasteiger partial charge is 0.228 e. The zero-order chi connectivity index (χ0) is 15.3. The van der Waals surface area contributed by atoms with Gasteiger partial charge in [-0.05, 0) is 69.6 Å². The molecule has 23 heavy (non-hydrogen) atoms. The molecule has 5 rings (SSSR count). The molecular weight excluding hydrogens is 312 g/mol. The molecule has 4 nitrogen and oxygen atoms in total. The molecule has 5 fully saturated rings. The van der Waals surface area contributed by atoms with E-state index in [0.29, 0.717) is 12.6 Å². The van der Waals surface area contributed by atoms with Crippen LogP contribution in [0.2, 0.25) is 0 Å². The van der Waals surface area contributed by atoms with Gasteiger partial charge in [-0.15, -0.1) is 12.4 Å². The molecule has 132 valence electrons. The van der Waals surface area contributed by atoms with Crippen LogP contribution in [0.1, 0.15) is 46.0 Å². The summed E-state index contributed by atoms with van der Waals surface area (Å²) < 4.78 is 5.85. The lowest BCUT2D eigenvalue weighted by Crippen LogP contribution is -2.60. The molecule has 1 unspecified atom stereocenters. The average Bonchev–Trinajstić information content (AvgIpc) is 2.50. The molecule has 5 heteroatoms. The zero-order valence-corrected chi connectivity index (χ0v) is 15.2. The third-order valence-electron chi connectivity index (χ3n) is 6.84. The monoisotopic (exact) mass is 342 g/mol. The Kier molecular flexibility index (Phi) is 4.97. The molecule has 1 atom stereocenters. The minimum atomic E-state index is -0.456. The van der Waals surface area contributed by atoms with Crippen molar-refractivity contribution >= 4 is 18.3 Å². The Labute approximate surface area is 145 Å². The van der Waals surface area contributed by atoms with Crippen molar-refractivity contribution in [2.75, 3.05) is 19.7 Å². The summed E-state index contributed by atoms with van der Waals surface area (Å²) in [6, 6.07) is 0.427. The number of hydrogen-bond donors (Lipinski definition) is 2. The summed E-state index contributed by atoms with van der Waals surface area (Å²) >= 11 is 0. The molecule has 1 amide bonds. The largest absolute Gasteiger partial charge is 0.374 e. The van der Waals surface area contributed by atoms with E-state index >= 15 is 0 Å². The maximum atomic E-state index is 12.9. The van der Waals surface area contributed by atoms with E-state index in [2.05, 4.69) is 10.6 Å². The first-order chi connectivity index (χ1) is 10.5. The Morgan fingerprint density at radius 2 is 1.70 bits per heavy atom. The standard InChI is InChI=1S/C18H30N2O2.ClH/c1-18(2,15-10-19-3-4-22-15)17(21)20-16-13-6-11-5-12(8-13)9-14(16)7-11;/h11-16,19H,3-10H2,1-2H3,(H,20,21);1H. The second-order valence-corrected chi connectivity index (χ2v) is 8.72. The maximum absolute atomic E-state index is 12.9. The number of carbonyl (C=O) groups excluding carboxylic acids is 1. The summed E-state index contributed by atoms with van der Waals surface area (Å²) in [5.41, 5.74) is -0.456. The Hall–Kier alpha value is -0.320. The molecule has 0 spiro atoms. The van der Waals surface area contributed by atoms with Crippen LogP contribution in [0, 0.1) is 29.1 Å². The Morgan fingerprint density at radius 1 is 1.09 bits per heavy atom. The fourth-order valence-electron chi connectivity index (χ4n) is 5.67. The van der Waals surface area contributed by atoms with Crippen molar-refractivity contribution in [1.29, 1.82) is 0 Å². The zero-order valence-electron chi connectivity index (χ0n) is 14.3. The number of amides is 1. The van der Waals surface area contributed by atoms with E-state index in [-0.39, 0.29) is 24.4 Å². The highest BCUT2D eigenvalue weighted by atomic mass is 35.5. The Bertz CT molecular complexity index is 420. The van der Waals surface area contributed by atoms with Crippen molar-refractivity contribution in [2.45, 2.75) is 58.1 Å². The number of carbonyl (C=O) groups is 1. The van der Waals surface area contributed by atoms with E-state index < -0.39 is 5.41 Å². The first-order valence-corrected chi connectivity index (χ1v) is 9.17. The maximum Gasteiger partial charge on any atom is 0.228 e. The van der Waals surface area contributed by atoms with Gasteiger partial charge >= 0.3 is 0 Å². The molecule has 4 aliphatic carbocycles. The lowest BCUT2D eigenvalue weighted by molar-refractivity contribution is -0.143. The fraction of sp³-hybridized carbons (Fsp3) is 0.944. The molecule has 0 aromatic carbocycles. The highest BCUT2D eigenvalue weighted by Gasteiger charge is 2.50. The second-order valence-electron chi connectivity index (χ2n) is 8.72. The molecule has 0 aromatic heterocycles. The van der Waals surface area contributed by atoms with Crippen LogP contribution in [-0.4, -0.2) is 37.7 Å². The van der Waals surface area contributed by atoms with Crippen LogP contribution in [0.4, 0.5) is 0 Å². The van der Waals surface area contributed by atoms with E-state index in [1.807, 2.05) is 13.8 Å². The summed E-state index contributed by atoms with van der Waals surface area (Å²) in [4.78, 5) is 12.9. The predicted molar refractivity (Wildman–Crippen MR) is 92.6 cm³/mol. The van der Waals surface area contributed by atoms with E-state index in [4.69, 9.17) is 4.74 Å². The lowest BCUT2D eigenvalue weighted by Gasteiger charge is -2.55.